The zero-order valence-electron chi connectivity index (χ0n) is 14.2. The van der Waals surface area contributed by atoms with Crippen LogP contribution in [0.5, 0.6) is 5.75 Å². The molecule has 0 saturated heterocycles. The number of hydrogen-bond acceptors (Lipinski definition) is 6. The number of carbonyl (C=O) groups is 2. The zero-order valence-corrected chi connectivity index (χ0v) is 14.2. The zero-order chi connectivity index (χ0) is 18.4. The quantitative estimate of drug-likeness (QED) is 0.655. The first kappa shape index (κ1) is 17.5. The minimum absolute atomic E-state index is 0.0528. The van der Waals surface area contributed by atoms with Crippen molar-refractivity contribution in [3.8, 4) is 5.75 Å². The molecular weight excluding hydrogens is 336 g/mol. The van der Waals surface area contributed by atoms with Gasteiger partial charge in [0.15, 0.2) is 12.2 Å². The fourth-order valence-corrected chi connectivity index (χ4v) is 2.39. The van der Waals surface area contributed by atoms with Crippen molar-refractivity contribution in [2.24, 2.45) is 0 Å². The molecule has 0 atom stereocenters. The predicted octanol–water partition coefficient (Wildman–Crippen LogP) is 2.24. The maximum Gasteiger partial charge on any atom is 0.312 e. The second kappa shape index (κ2) is 8.15. The van der Waals surface area contributed by atoms with Gasteiger partial charge in [-0.2, -0.15) is 0 Å². The SMILES string of the molecule is COc1ccc(CNC(=O)COC(=O)Cc2noc3ccccc23)cc1. The highest BCUT2D eigenvalue weighted by molar-refractivity contribution is 5.85. The molecule has 3 rings (SSSR count). The summed E-state index contributed by atoms with van der Waals surface area (Å²) in [5.74, 6) is -0.169. The molecule has 1 amide bonds. The molecule has 0 saturated carbocycles. The van der Waals surface area contributed by atoms with Crippen molar-refractivity contribution in [1.29, 1.82) is 0 Å². The monoisotopic (exact) mass is 354 g/mol. The molecule has 0 spiro atoms. The van der Waals surface area contributed by atoms with Crippen molar-refractivity contribution < 1.29 is 23.6 Å². The van der Waals surface area contributed by atoms with E-state index in [9.17, 15) is 9.59 Å². The summed E-state index contributed by atoms with van der Waals surface area (Å²) in [6, 6.07) is 14.6. The Morgan fingerprint density at radius 2 is 1.88 bits per heavy atom. The number of para-hydroxylation sites is 1. The average molecular weight is 354 g/mol. The van der Waals surface area contributed by atoms with Crippen LogP contribution < -0.4 is 10.1 Å². The molecule has 0 unspecified atom stereocenters. The van der Waals surface area contributed by atoms with Gasteiger partial charge in [-0.05, 0) is 29.8 Å². The molecule has 7 nitrogen and oxygen atoms in total. The Balaban J connectivity index is 1.44. The lowest BCUT2D eigenvalue weighted by Crippen LogP contribution is -2.28. The summed E-state index contributed by atoms with van der Waals surface area (Å²) in [7, 11) is 1.59. The van der Waals surface area contributed by atoms with Crippen molar-refractivity contribution in [3.05, 3.63) is 59.8 Å². The van der Waals surface area contributed by atoms with E-state index in [0.717, 1.165) is 16.7 Å². The summed E-state index contributed by atoms with van der Waals surface area (Å²) in [5.41, 5.74) is 2.01. The molecule has 1 N–H and O–H groups in total. The third kappa shape index (κ3) is 4.38. The summed E-state index contributed by atoms with van der Waals surface area (Å²) in [4.78, 5) is 23.7. The first-order valence-electron chi connectivity index (χ1n) is 8.04. The molecule has 1 aromatic heterocycles. The Morgan fingerprint density at radius 1 is 1.12 bits per heavy atom. The Kier molecular flexibility index (Phi) is 5.48. The Morgan fingerprint density at radius 3 is 2.65 bits per heavy atom. The molecule has 0 fully saturated rings. The van der Waals surface area contributed by atoms with Crippen LogP contribution in [-0.4, -0.2) is 30.7 Å². The topological polar surface area (TPSA) is 90.7 Å². The van der Waals surface area contributed by atoms with E-state index < -0.39 is 5.97 Å². The molecule has 3 aromatic rings. The number of ether oxygens (including phenoxy) is 2. The van der Waals surface area contributed by atoms with Crippen molar-refractivity contribution in [3.63, 3.8) is 0 Å². The number of rotatable bonds is 7. The molecule has 26 heavy (non-hydrogen) atoms. The molecule has 134 valence electrons. The van der Waals surface area contributed by atoms with Crippen molar-refractivity contribution >= 4 is 22.8 Å². The van der Waals surface area contributed by atoms with Gasteiger partial charge in [-0.15, -0.1) is 0 Å². The Bertz CT molecular complexity index is 902. The Hall–Kier alpha value is -3.35. The van der Waals surface area contributed by atoms with Gasteiger partial charge in [-0.3, -0.25) is 9.59 Å². The van der Waals surface area contributed by atoms with E-state index in [1.165, 1.54) is 0 Å². The normalized spacial score (nSPS) is 10.5. The molecule has 2 aromatic carbocycles. The van der Waals surface area contributed by atoms with Crippen LogP contribution in [0, 0.1) is 0 Å². The van der Waals surface area contributed by atoms with Crippen molar-refractivity contribution in [2.45, 2.75) is 13.0 Å². The van der Waals surface area contributed by atoms with Crippen LogP contribution >= 0.6 is 0 Å². The first-order valence-corrected chi connectivity index (χ1v) is 8.04. The van der Waals surface area contributed by atoms with Crippen LogP contribution in [0.1, 0.15) is 11.3 Å². The van der Waals surface area contributed by atoms with E-state index in [4.69, 9.17) is 14.0 Å². The molecule has 0 aliphatic rings. The molecule has 0 radical (unpaired) electrons. The highest BCUT2D eigenvalue weighted by atomic mass is 16.5. The average Bonchev–Trinajstić information content (AvgIpc) is 3.08. The number of benzene rings is 2. The van der Waals surface area contributed by atoms with Crippen molar-refractivity contribution in [1.82, 2.24) is 10.5 Å². The van der Waals surface area contributed by atoms with Gasteiger partial charge in [0, 0.05) is 11.9 Å². The summed E-state index contributed by atoms with van der Waals surface area (Å²) >= 11 is 0. The number of amides is 1. The highest BCUT2D eigenvalue weighted by Crippen LogP contribution is 2.18. The summed E-state index contributed by atoms with van der Waals surface area (Å²) < 4.78 is 15.2. The van der Waals surface area contributed by atoms with Crippen LogP contribution in [0.25, 0.3) is 11.0 Å². The second-order valence-electron chi connectivity index (χ2n) is 5.59. The van der Waals surface area contributed by atoms with Gasteiger partial charge in [-0.25, -0.2) is 0 Å². The summed E-state index contributed by atoms with van der Waals surface area (Å²) in [6.07, 6.45) is -0.0528. The number of fused-ring (bicyclic) bond motifs is 1. The van der Waals surface area contributed by atoms with E-state index in [1.54, 1.807) is 13.2 Å². The first-order chi connectivity index (χ1) is 12.7. The van der Waals surface area contributed by atoms with Gasteiger partial charge >= 0.3 is 5.97 Å². The van der Waals surface area contributed by atoms with Crippen molar-refractivity contribution in [2.75, 3.05) is 13.7 Å². The Labute approximate surface area is 149 Å². The van der Waals surface area contributed by atoms with E-state index in [0.29, 0.717) is 17.8 Å². The predicted molar refractivity (Wildman–Crippen MR) is 93.5 cm³/mol. The minimum atomic E-state index is -0.538. The highest BCUT2D eigenvalue weighted by Gasteiger charge is 2.14. The minimum Gasteiger partial charge on any atom is -0.497 e. The van der Waals surface area contributed by atoms with E-state index in [1.807, 2.05) is 42.5 Å². The number of aromatic nitrogens is 1. The standard InChI is InChI=1S/C19H18N2O5/c1-24-14-8-6-13(7-9-14)11-20-18(22)12-25-19(23)10-16-15-4-2-3-5-17(15)26-21-16/h2-9H,10-12H2,1H3,(H,20,22). The number of carbonyl (C=O) groups excluding carboxylic acids is 2. The van der Waals surface area contributed by atoms with Crippen LogP contribution in [-0.2, 0) is 27.3 Å². The third-order valence-corrected chi connectivity index (χ3v) is 3.78. The smallest absolute Gasteiger partial charge is 0.312 e. The third-order valence-electron chi connectivity index (χ3n) is 3.78. The maximum atomic E-state index is 11.9. The molecule has 7 heteroatoms. The number of nitrogens with one attached hydrogen (secondary N) is 1. The molecular formula is C19H18N2O5. The lowest BCUT2D eigenvalue weighted by Gasteiger charge is -2.07. The van der Waals surface area contributed by atoms with Crippen LogP contribution in [0.2, 0.25) is 0 Å². The van der Waals surface area contributed by atoms with Gasteiger partial charge < -0.3 is 19.3 Å². The molecule has 0 aliphatic heterocycles. The van der Waals surface area contributed by atoms with Crippen LogP contribution in [0.15, 0.2) is 53.1 Å². The number of nitrogens with zero attached hydrogens (tertiary/aromatic N) is 1. The van der Waals surface area contributed by atoms with Crippen LogP contribution in [0.3, 0.4) is 0 Å². The lowest BCUT2D eigenvalue weighted by atomic mass is 10.2. The molecule has 0 bridgehead atoms. The van der Waals surface area contributed by atoms with E-state index in [-0.39, 0.29) is 18.9 Å². The fourth-order valence-electron chi connectivity index (χ4n) is 2.39. The lowest BCUT2D eigenvalue weighted by molar-refractivity contribution is -0.148. The van der Waals surface area contributed by atoms with Gasteiger partial charge in [0.2, 0.25) is 0 Å². The fraction of sp³-hybridized carbons (Fsp3) is 0.211. The maximum absolute atomic E-state index is 11.9. The van der Waals surface area contributed by atoms with E-state index in [2.05, 4.69) is 10.5 Å². The number of esters is 1. The molecule has 0 aliphatic carbocycles. The van der Waals surface area contributed by atoms with Gasteiger partial charge in [0.1, 0.15) is 11.4 Å². The van der Waals surface area contributed by atoms with E-state index >= 15 is 0 Å². The summed E-state index contributed by atoms with van der Waals surface area (Å²) in [6.45, 7) is -0.000919. The largest absolute Gasteiger partial charge is 0.497 e. The van der Waals surface area contributed by atoms with Gasteiger partial charge in [-0.1, -0.05) is 29.4 Å². The second-order valence-corrected chi connectivity index (χ2v) is 5.59. The van der Waals surface area contributed by atoms with Crippen LogP contribution in [0.4, 0.5) is 0 Å². The van der Waals surface area contributed by atoms with Gasteiger partial charge in [0.05, 0.1) is 13.5 Å². The molecule has 1 heterocycles. The number of hydrogen-bond donors (Lipinski definition) is 1. The number of methoxy groups -OCH3 is 1. The van der Waals surface area contributed by atoms with Gasteiger partial charge in [0.25, 0.3) is 5.91 Å². The summed E-state index contributed by atoms with van der Waals surface area (Å²) in [5, 5.41) is 7.31.